The Hall–Kier alpha value is -1.46. The van der Waals surface area contributed by atoms with Gasteiger partial charge in [-0.2, -0.15) is 0 Å². The number of carbonyl (C=O) groups is 1. The van der Waals surface area contributed by atoms with Gasteiger partial charge in [0, 0.05) is 12.2 Å². The lowest BCUT2D eigenvalue weighted by Crippen LogP contribution is -2.28. The smallest absolute Gasteiger partial charge is 0.253 e. The summed E-state index contributed by atoms with van der Waals surface area (Å²) in [6.07, 6.45) is -0.501. The number of benzene rings is 1. The highest BCUT2D eigenvalue weighted by molar-refractivity contribution is 7.80. The van der Waals surface area contributed by atoms with Gasteiger partial charge in [-0.1, -0.05) is 24.4 Å². The maximum absolute atomic E-state index is 11.8. The van der Waals surface area contributed by atoms with Gasteiger partial charge in [0.1, 0.15) is 11.1 Å². The molecule has 0 spiro atoms. The van der Waals surface area contributed by atoms with Gasteiger partial charge < -0.3 is 15.8 Å². The normalized spacial score (nSPS) is 11.9. The Morgan fingerprint density at radius 1 is 1.53 bits per heavy atom. The van der Waals surface area contributed by atoms with E-state index < -0.39 is 6.10 Å². The number of rotatable bonds is 5. The summed E-state index contributed by atoms with van der Waals surface area (Å²) in [6, 6.07) is 7.15. The molecule has 1 aromatic rings. The molecule has 0 fully saturated rings. The van der Waals surface area contributed by atoms with Crippen LogP contribution in [0.3, 0.4) is 0 Å². The van der Waals surface area contributed by atoms with Crippen LogP contribution in [0, 0.1) is 0 Å². The molecular weight excluding hydrogens is 236 g/mol. The van der Waals surface area contributed by atoms with Gasteiger partial charge >= 0.3 is 0 Å². The van der Waals surface area contributed by atoms with E-state index in [0.29, 0.717) is 17.9 Å². The van der Waals surface area contributed by atoms with Crippen LogP contribution in [0.25, 0.3) is 0 Å². The van der Waals surface area contributed by atoms with Crippen LogP contribution in [-0.4, -0.2) is 23.6 Å². The summed E-state index contributed by atoms with van der Waals surface area (Å²) in [5.74, 6) is -0.212. The van der Waals surface area contributed by atoms with E-state index >= 15 is 0 Å². The number of ether oxygens (including phenoxy) is 1. The summed E-state index contributed by atoms with van der Waals surface area (Å²) in [6.45, 7) is 4.03. The summed E-state index contributed by atoms with van der Waals surface area (Å²) in [5.41, 5.74) is 6.83. The Bertz CT molecular complexity index is 421. The Balaban J connectivity index is 2.81. The van der Waals surface area contributed by atoms with Gasteiger partial charge in [-0.05, 0) is 26.0 Å². The first kappa shape index (κ1) is 13.6. The lowest BCUT2D eigenvalue weighted by atomic mass is 10.1. The molecule has 1 atom stereocenters. The van der Waals surface area contributed by atoms with Gasteiger partial charge in [0.15, 0.2) is 0 Å². The minimum Gasteiger partial charge on any atom is -0.389 e. The molecule has 0 bridgehead atoms. The largest absolute Gasteiger partial charge is 0.389 e. The van der Waals surface area contributed by atoms with Crippen LogP contribution in [0.4, 0.5) is 5.69 Å². The monoisotopic (exact) mass is 252 g/mol. The minimum atomic E-state index is -0.501. The van der Waals surface area contributed by atoms with Crippen molar-refractivity contribution in [3.05, 3.63) is 29.8 Å². The van der Waals surface area contributed by atoms with Crippen LogP contribution in [0.5, 0.6) is 0 Å². The number of amides is 1. The number of hydrogen-bond donors (Lipinski definition) is 2. The molecule has 17 heavy (non-hydrogen) atoms. The maximum atomic E-state index is 11.8. The number of anilines is 1. The third-order valence-corrected chi connectivity index (χ3v) is 2.46. The predicted octanol–water partition coefficient (Wildman–Crippen LogP) is 1.68. The molecule has 5 heteroatoms. The van der Waals surface area contributed by atoms with Crippen LogP contribution in [-0.2, 0) is 9.53 Å². The fourth-order valence-corrected chi connectivity index (χ4v) is 1.55. The van der Waals surface area contributed by atoms with Gasteiger partial charge in [-0.25, -0.2) is 0 Å². The zero-order valence-electron chi connectivity index (χ0n) is 9.90. The van der Waals surface area contributed by atoms with Crippen LogP contribution in [0.2, 0.25) is 0 Å². The molecule has 1 rings (SSSR count). The van der Waals surface area contributed by atoms with Gasteiger partial charge in [0.25, 0.3) is 5.91 Å². The highest BCUT2D eigenvalue weighted by atomic mass is 32.1. The molecular formula is C12H16N2O2S. The number of hydrogen-bond acceptors (Lipinski definition) is 3. The topological polar surface area (TPSA) is 64.3 Å². The van der Waals surface area contributed by atoms with E-state index in [2.05, 4.69) is 5.32 Å². The first-order chi connectivity index (χ1) is 8.06. The molecule has 0 heterocycles. The summed E-state index contributed by atoms with van der Waals surface area (Å²) in [7, 11) is 0. The Morgan fingerprint density at radius 2 is 2.18 bits per heavy atom. The van der Waals surface area contributed by atoms with E-state index in [1.807, 2.05) is 19.1 Å². The number of thiocarbonyl (C=S) groups is 1. The SMILES string of the molecule is CCOC(C)C(=O)Nc1ccccc1C(N)=S. The molecule has 0 aliphatic carbocycles. The molecule has 0 saturated heterocycles. The molecule has 0 aromatic heterocycles. The standard InChI is InChI=1S/C12H16N2O2S/c1-3-16-8(2)12(15)14-10-7-5-4-6-9(10)11(13)17/h4-8H,3H2,1-2H3,(H2,13,17)(H,14,15). The molecule has 0 radical (unpaired) electrons. The van der Waals surface area contributed by atoms with Crippen LogP contribution in [0.15, 0.2) is 24.3 Å². The average molecular weight is 252 g/mol. The molecule has 1 amide bonds. The van der Waals surface area contributed by atoms with Crippen molar-refractivity contribution in [1.82, 2.24) is 0 Å². The fourth-order valence-electron chi connectivity index (χ4n) is 1.37. The molecule has 0 aliphatic rings. The number of carbonyl (C=O) groups excluding carboxylic acids is 1. The molecule has 92 valence electrons. The quantitative estimate of drug-likeness (QED) is 0.783. The van der Waals surface area contributed by atoms with Gasteiger partial charge in [-0.3, -0.25) is 4.79 Å². The summed E-state index contributed by atoms with van der Waals surface area (Å²) >= 11 is 4.91. The molecule has 1 unspecified atom stereocenters. The van der Waals surface area contributed by atoms with E-state index in [1.54, 1.807) is 19.1 Å². The second-order valence-electron chi connectivity index (χ2n) is 3.50. The van der Waals surface area contributed by atoms with E-state index in [4.69, 9.17) is 22.7 Å². The van der Waals surface area contributed by atoms with Crippen molar-refractivity contribution in [1.29, 1.82) is 0 Å². The van der Waals surface area contributed by atoms with Gasteiger partial charge in [0.05, 0.1) is 5.69 Å². The van der Waals surface area contributed by atoms with Crippen LogP contribution in [0.1, 0.15) is 19.4 Å². The molecule has 3 N–H and O–H groups in total. The lowest BCUT2D eigenvalue weighted by molar-refractivity contribution is -0.126. The van der Waals surface area contributed by atoms with Crippen molar-refractivity contribution in [2.45, 2.75) is 20.0 Å². The van der Waals surface area contributed by atoms with Crippen molar-refractivity contribution < 1.29 is 9.53 Å². The zero-order chi connectivity index (χ0) is 12.8. The van der Waals surface area contributed by atoms with Gasteiger partial charge in [-0.15, -0.1) is 0 Å². The van der Waals surface area contributed by atoms with Crippen molar-refractivity contribution in [3.8, 4) is 0 Å². The highest BCUT2D eigenvalue weighted by Crippen LogP contribution is 2.15. The Kier molecular flexibility index (Phi) is 5.06. The van der Waals surface area contributed by atoms with Gasteiger partial charge in [0.2, 0.25) is 0 Å². The number of nitrogens with two attached hydrogens (primary N) is 1. The second-order valence-corrected chi connectivity index (χ2v) is 3.94. The van der Waals surface area contributed by atoms with Crippen molar-refractivity contribution in [2.24, 2.45) is 5.73 Å². The summed E-state index contributed by atoms with van der Waals surface area (Å²) < 4.78 is 5.20. The van der Waals surface area contributed by atoms with Crippen LogP contribution < -0.4 is 11.1 Å². The molecule has 1 aromatic carbocycles. The first-order valence-corrected chi connectivity index (χ1v) is 5.78. The summed E-state index contributed by atoms with van der Waals surface area (Å²) in [5, 5.41) is 2.74. The molecule has 0 saturated carbocycles. The highest BCUT2D eigenvalue weighted by Gasteiger charge is 2.14. The average Bonchev–Trinajstić information content (AvgIpc) is 2.29. The lowest BCUT2D eigenvalue weighted by Gasteiger charge is -2.14. The van der Waals surface area contributed by atoms with Crippen molar-refractivity contribution in [2.75, 3.05) is 11.9 Å². The Labute approximate surface area is 106 Å². The van der Waals surface area contributed by atoms with Crippen molar-refractivity contribution in [3.63, 3.8) is 0 Å². The maximum Gasteiger partial charge on any atom is 0.253 e. The van der Waals surface area contributed by atoms with E-state index in [-0.39, 0.29) is 10.9 Å². The third kappa shape index (κ3) is 3.80. The van der Waals surface area contributed by atoms with E-state index in [9.17, 15) is 4.79 Å². The molecule has 4 nitrogen and oxygen atoms in total. The Morgan fingerprint density at radius 3 is 2.76 bits per heavy atom. The summed E-state index contributed by atoms with van der Waals surface area (Å²) in [4.78, 5) is 12.0. The third-order valence-electron chi connectivity index (χ3n) is 2.24. The first-order valence-electron chi connectivity index (χ1n) is 5.37. The predicted molar refractivity (Wildman–Crippen MR) is 72.0 cm³/mol. The zero-order valence-corrected chi connectivity index (χ0v) is 10.7. The number of nitrogens with one attached hydrogen (secondary N) is 1. The van der Waals surface area contributed by atoms with Crippen molar-refractivity contribution >= 4 is 28.8 Å². The fraction of sp³-hybridized carbons (Fsp3) is 0.333. The van der Waals surface area contributed by atoms with E-state index in [0.717, 1.165) is 0 Å². The second kappa shape index (κ2) is 6.32. The minimum absolute atomic E-state index is 0.212. The molecule has 0 aliphatic heterocycles. The number of para-hydroxylation sites is 1. The van der Waals surface area contributed by atoms with E-state index in [1.165, 1.54) is 0 Å². The van der Waals surface area contributed by atoms with Crippen LogP contribution >= 0.6 is 12.2 Å².